The number of hydrogen-bond acceptors (Lipinski definition) is 5. The minimum atomic E-state index is -1.04. The molecule has 0 saturated carbocycles. The van der Waals surface area contributed by atoms with Crippen molar-refractivity contribution in [3.63, 3.8) is 0 Å². The van der Waals surface area contributed by atoms with Crippen LogP contribution < -0.4 is 11.5 Å². The van der Waals surface area contributed by atoms with Crippen molar-refractivity contribution in [2.24, 2.45) is 11.5 Å². The topological polar surface area (TPSA) is 163 Å². The Morgan fingerprint density at radius 2 is 1.45 bits per heavy atom. The van der Waals surface area contributed by atoms with Crippen molar-refractivity contribution >= 4 is 39.6 Å². The minimum absolute atomic E-state index is 0.0507. The van der Waals surface area contributed by atoms with Gasteiger partial charge in [-0.15, -0.1) is 0 Å². The fraction of sp³-hybridized carbons (Fsp3) is 0.0952. The van der Waals surface area contributed by atoms with Gasteiger partial charge in [0, 0.05) is 28.3 Å². The molecule has 4 rings (SSSR count). The lowest BCUT2D eigenvalue weighted by Gasteiger charge is -2.07. The Hall–Kier alpha value is -4.07. The first-order valence-electron chi connectivity index (χ1n) is 8.79. The summed E-state index contributed by atoms with van der Waals surface area (Å²) >= 11 is 0. The van der Waals surface area contributed by atoms with Crippen LogP contribution in [-0.4, -0.2) is 22.7 Å². The van der Waals surface area contributed by atoms with E-state index in [0.29, 0.717) is 33.4 Å². The summed E-state index contributed by atoms with van der Waals surface area (Å²) in [6.07, 6.45) is 0.0960. The summed E-state index contributed by atoms with van der Waals surface area (Å²) in [6, 6.07) is 13.5. The van der Waals surface area contributed by atoms with Gasteiger partial charge in [-0.2, -0.15) is 0 Å². The molecule has 8 nitrogen and oxygen atoms in total. The zero-order valence-corrected chi connectivity index (χ0v) is 15.2. The molecule has 29 heavy (non-hydrogen) atoms. The maximum atomic E-state index is 11.9. The van der Waals surface area contributed by atoms with E-state index in [4.69, 9.17) is 31.1 Å². The number of nitrogens with two attached hydrogens (primary N) is 2. The Labute approximate surface area is 164 Å². The molecule has 0 spiro atoms. The second-order valence-electron chi connectivity index (χ2n) is 6.79. The number of nitrogen functional groups attached to an aromatic ring is 2. The molecule has 0 aliphatic rings. The molecule has 0 aliphatic heterocycles. The summed E-state index contributed by atoms with van der Waals surface area (Å²) in [5, 5.41) is 26.2. The Bertz CT molecular complexity index is 1280. The highest BCUT2D eigenvalue weighted by atomic mass is 16.4. The lowest BCUT2D eigenvalue weighted by Crippen LogP contribution is -2.13. The molecular formula is C21H18N4O4. The number of nitrogens with one attached hydrogen (secondary N) is 2. The molecule has 0 fully saturated rings. The molecule has 0 radical (unpaired) electrons. The van der Waals surface area contributed by atoms with E-state index < -0.39 is 11.9 Å². The van der Waals surface area contributed by atoms with Gasteiger partial charge in [-0.1, -0.05) is 0 Å². The summed E-state index contributed by atoms with van der Waals surface area (Å²) in [5.74, 6) is -1.34. The molecule has 7 N–H and O–H groups in total. The third kappa shape index (κ3) is 3.43. The van der Waals surface area contributed by atoms with E-state index in [9.17, 15) is 9.90 Å². The lowest BCUT2D eigenvalue weighted by molar-refractivity contribution is -0.139. The number of hydrogen-bond donors (Lipinski definition) is 5. The first-order chi connectivity index (χ1) is 13.8. The van der Waals surface area contributed by atoms with Crippen LogP contribution in [-0.2, 0) is 11.2 Å². The second kappa shape index (κ2) is 6.83. The van der Waals surface area contributed by atoms with Crippen LogP contribution in [0.1, 0.15) is 28.6 Å². The van der Waals surface area contributed by atoms with Crippen molar-refractivity contribution in [2.75, 3.05) is 0 Å². The molecule has 0 amide bonds. The Morgan fingerprint density at radius 1 is 0.897 bits per heavy atom. The van der Waals surface area contributed by atoms with Crippen LogP contribution in [0.4, 0.5) is 0 Å². The van der Waals surface area contributed by atoms with Gasteiger partial charge in [0.1, 0.15) is 40.3 Å². The number of aliphatic carboxylic acids is 1. The van der Waals surface area contributed by atoms with E-state index in [1.807, 2.05) is 0 Å². The van der Waals surface area contributed by atoms with Gasteiger partial charge >= 0.3 is 5.97 Å². The summed E-state index contributed by atoms with van der Waals surface area (Å²) < 4.78 is 11.5. The third-order valence-corrected chi connectivity index (χ3v) is 4.77. The van der Waals surface area contributed by atoms with Crippen LogP contribution in [0, 0.1) is 10.8 Å². The van der Waals surface area contributed by atoms with E-state index in [1.165, 1.54) is 0 Å². The van der Waals surface area contributed by atoms with Gasteiger partial charge in [-0.3, -0.25) is 15.6 Å². The minimum Gasteiger partial charge on any atom is -0.481 e. The monoisotopic (exact) mass is 390 g/mol. The van der Waals surface area contributed by atoms with E-state index in [2.05, 4.69) is 0 Å². The van der Waals surface area contributed by atoms with Gasteiger partial charge in [-0.25, -0.2) is 0 Å². The number of benzene rings is 2. The average Bonchev–Trinajstić information content (AvgIpc) is 3.27. The predicted octanol–water partition coefficient (Wildman–Crippen LogP) is 3.16. The quantitative estimate of drug-likeness (QED) is 0.251. The fourth-order valence-electron chi connectivity index (χ4n) is 3.28. The van der Waals surface area contributed by atoms with Crippen LogP contribution in [0.2, 0.25) is 0 Å². The molecule has 2 heterocycles. The number of furan rings is 2. The normalized spacial score (nSPS) is 12.3. The summed E-state index contributed by atoms with van der Waals surface area (Å²) in [6.45, 7) is 0. The van der Waals surface area contributed by atoms with Crippen LogP contribution in [0.25, 0.3) is 21.9 Å². The number of amidine groups is 2. The molecular weight excluding hydrogens is 372 g/mol. The number of carboxylic acid groups (broad SMARTS) is 1. The number of carbonyl (C=O) groups is 1. The van der Waals surface area contributed by atoms with Crippen molar-refractivity contribution in [3.8, 4) is 0 Å². The van der Waals surface area contributed by atoms with Gasteiger partial charge < -0.3 is 25.4 Å². The van der Waals surface area contributed by atoms with E-state index in [1.54, 1.807) is 48.5 Å². The van der Waals surface area contributed by atoms with Crippen molar-refractivity contribution in [1.29, 1.82) is 10.8 Å². The standard InChI is InChI=1S/C21H18N4O4/c22-19(23)10-1-3-16-12(5-10)7-14(28-16)9-15(21(26)27)18-8-13-6-11(20(24)25)2-4-17(13)29-18/h1-8,15H,9H2,(H3,22,23)(H3,24,25)(H,26,27). The lowest BCUT2D eigenvalue weighted by atomic mass is 10.0. The molecule has 4 aromatic rings. The molecule has 0 aliphatic carbocycles. The maximum Gasteiger partial charge on any atom is 0.314 e. The van der Waals surface area contributed by atoms with Crippen molar-refractivity contribution in [3.05, 3.63) is 71.2 Å². The second-order valence-corrected chi connectivity index (χ2v) is 6.79. The Balaban J connectivity index is 1.68. The third-order valence-electron chi connectivity index (χ3n) is 4.77. The zero-order chi connectivity index (χ0) is 20.7. The van der Waals surface area contributed by atoms with Gasteiger partial charge in [0.05, 0.1) is 0 Å². The van der Waals surface area contributed by atoms with Crippen LogP contribution in [0.3, 0.4) is 0 Å². The summed E-state index contributed by atoms with van der Waals surface area (Å²) in [5.41, 5.74) is 13.2. The summed E-state index contributed by atoms with van der Waals surface area (Å²) in [4.78, 5) is 11.9. The van der Waals surface area contributed by atoms with Crippen LogP contribution in [0.5, 0.6) is 0 Å². The van der Waals surface area contributed by atoms with Gasteiger partial charge in [-0.05, 0) is 48.5 Å². The molecule has 146 valence electrons. The van der Waals surface area contributed by atoms with Gasteiger partial charge in [0.15, 0.2) is 0 Å². The first-order valence-corrected chi connectivity index (χ1v) is 8.79. The fourth-order valence-corrected chi connectivity index (χ4v) is 3.28. The zero-order valence-electron chi connectivity index (χ0n) is 15.2. The Morgan fingerprint density at radius 3 is 2.00 bits per heavy atom. The van der Waals surface area contributed by atoms with E-state index in [0.717, 1.165) is 5.39 Å². The highest BCUT2D eigenvalue weighted by molar-refractivity contribution is 5.99. The highest BCUT2D eigenvalue weighted by Crippen LogP contribution is 2.30. The molecule has 1 unspecified atom stereocenters. The molecule has 2 aromatic carbocycles. The molecule has 0 saturated heterocycles. The predicted molar refractivity (Wildman–Crippen MR) is 109 cm³/mol. The van der Waals surface area contributed by atoms with Crippen LogP contribution >= 0.6 is 0 Å². The first kappa shape index (κ1) is 18.3. The maximum absolute atomic E-state index is 11.9. The molecule has 0 bridgehead atoms. The van der Waals surface area contributed by atoms with Crippen molar-refractivity contribution < 1.29 is 18.7 Å². The van der Waals surface area contributed by atoms with Crippen molar-refractivity contribution in [2.45, 2.75) is 12.3 Å². The number of fused-ring (bicyclic) bond motifs is 2. The largest absolute Gasteiger partial charge is 0.481 e. The van der Waals surface area contributed by atoms with Crippen molar-refractivity contribution in [1.82, 2.24) is 0 Å². The number of rotatable bonds is 6. The molecule has 8 heteroatoms. The Kier molecular flexibility index (Phi) is 4.31. The smallest absolute Gasteiger partial charge is 0.314 e. The molecule has 1 atom stereocenters. The van der Waals surface area contributed by atoms with E-state index in [-0.39, 0.29) is 23.9 Å². The summed E-state index contributed by atoms with van der Waals surface area (Å²) in [7, 11) is 0. The molecule has 2 aromatic heterocycles. The highest BCUT2D eigenvalue weighted by Gasteiger charge is 2.26. The van der Waals surface area contributed by atoms with Gasteiger partial charge in [0.2, 0.25) is 0 Å². The average molecular weight is 390 g/mol. The van der Waals surface area contributed by atoms with Gasteiger partial charge in [0.25, 0.3) is 0 Å². The van der Waals surface area contributed by atoms with E-state index >= 15 is 0 Å². The number of carboxylic acids is 1. The van der Waals surface area contributed by atoms with Crippen LogP contribution in [0.15, 0.2) is 57.4 Å². The SMILES string of the molecule is N=C(N)c1ccc2oc(CC(C(=O)O)c3cc4cc(C(=N)N)ccc4o3)cc2c1.